The summed E-state index contributed by atoms with van der Waals surface area (Å²) in [6, 6.07) is 0. The van der Waals surface area contributed by atoms with E-state index < -0.39 is 0 Å². The Kier molecular flexibility index (Phi) is 1.73. The lowest BCUT2D eigenvalue weighted by Gasteiger charge is -1.95. The van der Waals surface area contributed by atoms with Crippen molar-refractivity contribution >= 4 is 17.9 Å². The van der Waals surface area contributed by atoms with Gasteiger partial charge < -0.3 is 5.32 Å². The third kappa shape index (κ3) is 1.04. The third-order valence-corrected chi connectivity index (χ3v) is 1.69. The van der Waals surface area contributed by atoms with Crippen LogP contribution >= 0.6 is 0 Å². The molecule has 2 aromatic rings. The number of rotatable bonds is 2. The summed E-state index contributed by atoms with van der Waals surface area (Å²) in [5.74, 6) is 0.213. The molecular weight excluding hydrogens is 188 g/mol. The fourth-order valence-corrected chi connectivity index (χ4v) is 1.04. The van der Waals surface area contributed by atoms with Gasteiger partial charge in [-0.05, 0) is 0 Å². The summed E-state index contributed by atoms with van der Waals surface area (Å²) in [7, 11) is 1.47. The number of hydrogen-bond acceptors (Lipinski definition) is 5. The van der Waals surface area contributed by atoms with Crippen LogP contribution in [0.25, 0.3) is 5.65 Å². The molecule has 0 aliphatic heterocycles. The summed E-state index contributed by atoms with van der Waals surface area (Å²) in [5, 5.41) is 9.59. The Morgan fingerprint density at radius 3 is 3.07 bits per heavy atom. The van der Waals surface area contributed by atoms with Crippen LogP contribution < -0.4 is 11.0 Å². The van der Waals surface area contributed by atoms with Gasteiger partial charge in [0.15, 0.2) is 5.82 Å². The number of aromatic nitrogens is 5. The lowest BCUT2D eigenvalue weighted by Crippen LogP contribution is -2.27. The molecule has 2 heterocycles. The SMILES string of the molecule is Cn1nnc2c(NC=O)ncn2c1=O. The highest BCUT2D eigenvalue weighted by Gasteiger charge is 2.08. The summed E-state index contributed by atoms with van der Waals surface area (Å²) in [6.07, 6.45) is 1.74. The van der Waals surface area contributed by atoms with Crippen LogP contribution in [0, 0.1) is 0 Å². The molecule has 0 saturated heterocycles. The zero-order valence-electron chi connectivity index (χ0n) is 7.21. The molecule has 0 aromatic carbocycles. The van der Waals surface area contributed by atoms with Gasteiger partial charge in [0.05, 0.1) is 0 Å². The smallest absolute Gasteiger partial charge is 0.310 e. The number of fused-ring (bicyclic) bond motifs is 1. The maximum atomic E-state index is 11.4. The first-order valence-corrected chi connectivity index (χ1v) is 3.71. The molecule has 0 atom stereocenters. The first-order valence-electron chi connectivity index (χ1n) is 3.71. The van der Waals surface area contributed by atoms with E-state index in [1.807, 2.05) is 0 Å². The van der Waals surface area contributed by atoms with E-state index in [2.05, 4.69) is 20.6 Å². The van der Waals surface area contributed by atoms with E-state index in [1.165, 1.54) is 17.8 Å². The first-order chi connectivity index (χ1) is 6.74. The van der Waals surface area contributed by atoms with Crippen LogP contribution in [0.5, 0.6) is 0 Å². The predicted octanol–water partition coefficient (Wildman–Crippen LogP) is -1.61. The molecule has 0 radical (unpaired) electrons. The lowest BCUT2D eigenvalue weighted by atomic mass is 10.7. The molecule has 0 saturated carbocycles. The standard InChI is InChI=1S/C6H6N6O2/c1-11-6(14)12-2-7-4(8-3-13)5(12)9-10-11/h2-3H,1H3,(H,8,13). The highest BCUT2D eigenvalue weighted by molar-refractivity contribution is 5.77. The van der Waals surface area contributed by atoms with Crippen molar-refractivity contribution in [2.45, 2.75) is 0 Å². The number of aryl methyl sites for hydroxylation is 1. The summed E-state index contributed by atoms with van der Waals surface area (Å²) < 4.78 is 2.26. The topological polar surface area (TPSA) is 94.2 Å². The number of carbonyl (C=O) groups is 1. The molecule has 0 aliphatic rings. The molecule has 2 aromatic heterocycles. The number of nitrogens with one attached hydrogen (secondary N) is 1. The molecule has 72 valence electrons. The third-order valence-electron chi connectivity index (χ3n) is 1.69. The van der Waals surface area contributed by atoms with Gasteiger partial charge >= 0.3 is 5.69 Å². The van der Waals surface area contributed by atoms with E-state index in [1.54, 1.807) is 0 Å². The van der Waals surface area contributed by atoms with Crippen LogP contribution in [0.1, 0.15) is 0 Å². The Morgan fingerprint density at radius 2 is 2.36 bits per heavy atom. The summed E-state index contributed by atoms with van der Waals surface area (Å²) in [6.45, 7) is 0. The zero-order chi connectivity index (χ0) is 10.1. The van der Waals surface area contributed by atoms with E-state index in [-0.39, 0.29) is 17.2 Å². The number of nitrogens with zero attached hydrogens (tertiary/aromatic N) is 5. The highest BCUT2D eigenvalue weighted by Crippen LogP contribution is 2.06. The van der Waals surface area contributed by atoms with Gasteiger partial charge in [-0.15, -0.1) is 5.10 Å². The fourth-order valence-electron chi connectivity index (χ4n) is 1.04. The van der Waals surface area contributed by atoms with Crippen LogP contribution in [0.2, 0.25) is 0 Å². The minimum absolute atomic E-state index is 0.213. The Bertz CT molecular complexity index is 541. The van der Waals surface area contributed by atoms with Crippen molar-refractivity contribution in [2.24, 2.45) is 7.05 Å². The molecule has 0 unspecified atom stereocenters. The van der Waals surface area contributed by atoms with Crippen molar-refractivity contribution in [3.05, 3.63) is 16.8 Å². The largest absolute Gasteiger partial charge is 0.352 e. The molecule has 1 amide bonds. The Morgan fingerprint density at radius 1 is 1.57 bits per heavy atom. The Hall–Kier alpha value is -2.25. The van der Waals surface area contributed by atoms with E-state index >= 15 is 0 Å². The first kappa shape index (κ1) is 8.35. The molecule has 2 rings (SSSR count). The van der Waals surface area contributed by atoms with Crippen molar-refractivity contribution in [1.82, 2.24) is 24.4 Å². The van der Waals surface area contributed by atoms with Crippen molar-refractivity contribution in [3.8, 4) is 0 Å². The van der Waals surface area contributed by atoms with Crippen molar-refractivity contribution in [1.29, 1.82) is 0 Å². The second-order valence-electron chi connectivity index (χ2n) is 2.54. The van der Waals surface area contributed by atoms with Gasteiger partial charge in [0.1, 0.15) is 6.33 Å². The van der Waals surface area contributed by atoms with Crippen LogP contribution in [-0.2, 0) is 11.8 Å². The summed E-state index contributed by atoms with van der Waals surface area (Å²) in [4.78, 5) is 25.4. The second kappa shape index (κ2) is 2.91. The number of carbonyl (C=O) groups excluding carboxylic acids is 1. The van der Waals surface area contributed by atoms with Gasteiger partial charge in [0.2, 0.25) is 12.1 Å². The van der Waals surface area contributed by atoms with Crippen LogP contribution in [0.4, 0.5) is 5.82 Å². The van der Waals surface area contributed by atoms with Gasteiger partial charge in [0.25, 0.3) is 0 Å². The van der Waals surface area contributed by atoms with Crippen molar-refractivity contribution in [2.75, 3.05) is 5.32 Å². The average Bonchev–Trinajstić information content (AvgIpc) is 2.57. The minimum atomic E-state index is -0.374. The van der Waals surface area contributed by atoms with Gasteiger partial charge in [-0.2, -0.15) is 4.68 Å². The van der Waals surface area contributed by atoms with Crippen LogP contribution in [-0.4, -0.2) is 30.8 Å². The van der Waals surface area contributed by atoms with Crippen molar-refractivity contribution < 1.29 is 4.79 Å². The van der Waals surface area contributed by atoms with Crippen LogP contribution in [0.3, 0.4) is 0 Å². The molecule has 0 spiro atoms. The highest BCUT2D eigenvalue weighted by atomic mass is 16.2. The predicted molar refractivity (Wildman–Crippen MR) is 45.7 cm³/mol. The number of anilines is 1. The van der Waals surface area contributed by atoms with Gasteiger partial charge in [-0.3, -0.25) is 4.79 Å². The Balaban J connectivity index is 2.77. The van der Waals surface area contributed by atoms with E-state index in [0.29, 0.717) is 6.41 Å². The lowest BCUT2D eigenvalue weighted by molar-refractivity contribution is -0.105. The van der Waals surface area contributed by atoms with E-state index in [0.717, 1.165) is 4.68 Å². The zero-order valence-corrected chi connectivity index (χ0v) is 7.21. The van der Waals surface area contributed by atoms with Crippen LogP contribution in [0.15, 0.2) is 11.1 Å². The molecular formula is C6H6N6O2. The van der Waals surface area contributed by atoms with E-state index in [9.17, 15) is 9.59 Å². The molecule has 14 heavy (non-hydrogen) atoms. The fraction of sp³-hybridized carbons (Fsp3) is 0.167. The van der Waals surface area contributed by atoms with Gasteiger partial charge in [-0.25, -0.2) is 14.2 Å². The van der Waals surface area contributed by atoms with E-state index in [4.69, 9.17) is 0 Å². The number of amides is 1. The Labute approximate surface area is 77.2 Å². The molecule has 8 nitrogen and oxygen atoms in total. The minimum Gasteiger partial charge on any atom is -0.310 e. The normalized spacial score (nSPS) is 10.4. The number of imidazole rings is 1. The molecule has 0 fully saturated rings. The van der Waals surface area contributed by atoms with Crippen molar-refractivity contribution in [3.63, 3.8) is 0 Å². The molecule has 0 aliphatic carbocycles. The maximum Gasteiger partial charge on any atom is 0.352 e. The van der Waals surface area contributed by atoms with Gasteiger partial charge in [-0.1, -0.05) is 5.21 Å². The molecule has 1 N–H and O–H groups in total. The second-order valence-corrected chi connectivity index (χ2v) is 2.54. The van der Waals surface area contributed by atoms with Gasteiger partial charge in [0, 0.05) is 7.05 Å². The quantitative estimate of drug-likeness (QED) is 0.580. The number of hydrogen-bond donors (Lipinski definition) is 1. The summed E-state index contributed by atoms with van der Waals surface area (Å²) in [5.41, 5.74) is -0.151. The average molecular weight is 194 g/mol. The maximum absolute atomic E-state index is 11.4. The summed E-state index contributed by atoms with van der Waals surface area (Å²) >= 11 is 0. The molecule has 0 bridgehead atoms. The molecule has 8 heteroatoms. The monoisotopic (exact) mass is 194 g/mol.